The van der Waals surface area contributed by atoms with Gasteiger partial charge in [0.25, 0.3) is 0 Å². The molecule has 206 valence electrons. The molecule has 6 nitrogen and oxygen atoms in total. The smallest absolute Gasteiger partial charge is 0.345 e. The van der Waals surface area contributed by atoms with E-state index in [-0.39, 0.29) is 16.5 Å². The van der Waals surface area contributed by atoms with Crippen molar-refractivity contribution < 1.29 is 8.83 Å². The number of thiophene rings is 1. The lowest BCUT2D eigenvalue weighted by Gasteiger charge is -2.21. The summed E-state index contributed by atoms with van der Waals surface area (Å²) in [6, 6.07) is 18.1. The van der Waals surface area contributed by atoms with Gasteiger partial charge in [0.1, 0.15) is 11.2 Å². The van der Waals surface area contributed by atoms with Crippen LogP contribution in [0.5, 0.6) is 0 Å². The lowest BCUT2D eigenvalue weighted by molar-refractivity contribution is 0.549. The van der Waals surface area contributed by atoms with Gasteiger partial charge in [-0.3, -0.25) is 0 Å². The summed E-state index contributed by atoms with van der Waals surface area (Å²) >= 11 is 3.27. The van der Waals surface area contributed by atoms with Crippen molar-refractivity contribution in [1.29, 1.82) is 0 Å². The summed E-state index contributed by atoms with van der Waals surface area (Å²) < 4.78 is 11.6. The Bertz CT molecular complexity index is 1810. The number of hydrogen-bond acceptors (Lipinski definition) is 8. The highest BCUT2D eigenvalue weighted by molar-refractivity contribution is 8.00. The molecule has 4 heterocycles. The van der Waals surface area contributed by atoms with Crippen molar-refractivity contribution in [3.05, 3.63) is 85.9 Å². The van der Waals surface area contributed by atoms with E-state index in [1.54, 1.807) is 23.1 Å². The van der Waals surface area contributed by atoms with E-state index in [9.17, 15) is 9.59 Å². The first-order valence-corrected chi connectivity index (χ1v) is 15.6. The molecular weight excluding hydrogens is 540 g/mol. The van der Waals surface area contributed by atoms with Crippen molar-refractivity contribution in [2.45, 2.75) is 44.3 Å². The minimum absolute atomic E-state index is 0.00933. The van der Waals surface area contributed by atoms with Gasteiger partial charge in [0.05, 0.1) is 11.1 Å². The van der Waals surface area contributed by atoms with E-state index in [0.29, 0.717) is 22.3 Å². The van der Waals surface area contributed by atoms with Crippen molar-refractivity contribution in [3.63, 3.8) is 0 Å². The Kier molecular flexibility index (Phi) is 7.23. The fourth-order valence-corrected chi connectivity index (χ4v) is 8.31. The molecule has 0 fully saturated rings. The number of hydrogen-bond donors (Lipinski definition) is 0. The molecule has 3 aromatic heterocycles. The van der Waals surface area contributed by atoms with Crippen LogP contribution in [0.4, 0.5) is 11.4 Å². The van der Waals surface area contributed by atoms with Crippen molar-refractivity contribution in [2.75, 3.05) is 36.0 Å². The second-order valence-corrected chi connectivity index (χ2v) is 12.3. The lowest BCUT2D eigenvalue weighted by atomic mass is 10.1. The van der Waals surface area contributed by atoms with Gasteiger partial charge >= 0.3 is 11.3 Å². The monoisotopic (exact) mass is 572 g/mol. The van der Waals surface area contributed by atoms with Crippen molar-refractivity contribution >= 4 is 56.4 Å². The maximum atomic E-state index is 13.0. The zero-order chi connectivity index (χ0) is 28.0. The topological polar surface area (TPSA) is 66.9 Å². The third-order valence-electron chi connectivity index (χ3n) is 7.75. The van der Waals surface area contributed by atoms with Crippen LogP contribution in [0.25, 0.3) is 32.4 Å². The van der Waals surface area contributed by atoms with Gasteiger partial charge in [0.15, 0.2) is 0 Å². The molecule has 2 aromatic carbocycles. The summed E-state index contributed by atoms with van der Waals surface area (Å²) in [4.78, 5) is 33.7. The Morgan fingerprint density at radius 2 is 1.32 bits per heavy atom. The highest BCUT2D eigenvalue weighted by Crippen LogP contribution is 2.51. The Morgan fingerprint density at radius 3 is 1.90 bits per heavy atom. The highest BCUT2D eigenvalue weighted by Gasteiger charge is 2.30. The second-order valence-electron chi connectivity index (χ2n) is 9.93. The van der Waals surface area contributed by atoms with Crippen LogP contribution in [0.15, 0.2) is 77.9 Å². The molecule has 0 amide bonds. The standard InChI is InChI=1S/C32H32N2O4S2/c1-5-33(6-2)21-11-9-19-13-23(31(35)37-25(19)15-21)27-17-29-30(39-27)18-28(40-29)24-14-20-10-12-22(34(7-3)8-4)16-26(20)38-32(24)36/h9-17,28H,5-8,18H2,1-4H3. The van der Waals surface area contributed by atoms with E-state index in [2.05, 4.69) is 55.7 Å². The van der Waals surface area contributed by atoms with E-state index in [1.807, 2.05) is 36.4 Å². The molecule has 6 rings (SSSR count). The molecular formula is C32H32N2O4S2. The summed E-state index contributed by atoms with van der Waals surface area (Å²) in [7, 11) is 0. The average Bonchev–Trinajstić information content (AvgIpc) is 3.53. The van der Waals surface area contributed by atoms with Crippen LogP contribution < -0.4 is 21.1 Å². The molecule has 0 N–H and O–H groups in total. The first-order valence-electron chi connectivity index (χ1n) is 13.9. The van der Waals surface area contributed by atoms with Gasteiger partial charge in [-0.05, 0) is 76.6 Å². The SMILES string of the molecule is CCN(CC)c1ccc2cc(-c3cc4c(s3)CC(c3cc5ccc(N(CC)CC)cc5oc3=O)S4)c(=O)oc2c1. The first kappa shape index (κ1) is 26.7. The van der Waals surface area contributed by atoms with E-state index in [0.717, 1.165) is 64.5 Å². The lowest BCUT2D eigenvalue weighted by Crippen LogP contribution is -2.21. The van der Waals surface area contributed by atoms with E-state index < -0.39 is 0 Å². The molecule has 1 aliphatic rings. The molecule has 0 spiro atoms. The van der Waals surface area contributed by atoms with Gasteiger partial charge in [-0.25, -0.2) is 9.59 Å². The quantitative estimate of drug-likeness (QED) is 0.176. The van der Waals surface area contributed by atoms with Gasteiger partial charge < -0.3 is 18.6 Å². The minimum atomic E-state index is -0.329. The molecule has 1 unspecified atom stereocenters. The maximum Gasteiger partial charge on any atom is 0.345 e. The first-order chi connectivity index (χ1) is 19.4. The summed E-state index contributed by atoms with van der Waals surface area (Å²) in [5, 5.41) is 1.83. The van der Waals surface area contributed by atoms with Crippen LogP contribution in [0.3, 0.4) is 0 Å². The molecule has 0 bridgehead atoms. The molecule has 40 heavy (non-hydrogen) atoms. The van der Waals surface area contributed by atoms with E-state index in [1.165, 1.54) is 4.88 Å². The third kappa shape index (κ3) is 4.73. The molecule has 1 atom stereocenters. The number of benzene rings is 2. The van der Waals surface area contributed by atoms with Crippen LogP contribution in [0.2, 0.25) is 0 Å². The fraction of sp³-hybridized carbons (Fsp3) is 0.312. The van der Waals surface area contributed by atoms with Crippen molar-refractivity contribution in [3.8, 4) is 10.4 Å². The number of thioether (sulfide) groups is 1. The van der Waals surface area contributed by atoms with Gasteiger partial charge in [-0.15, -0.1) is 23.1 Å². The predicted octanol–water partition coefficient (Wildman–Crippen LogP) is 7.71. The van der Waals surface area contributed by atoms with Gasteiger partial charge in [0, 0.05) is 80.4 Å². The molecule has 0 saturated carbocycles. The number of anilines is 2. The third-order valence-corrected chi connectivity index (χ3v) is 10.4. The Hall–Kier alpha value is -3.49. The Morgan fingerprint density at radius 1 is 0.750 bits per heavy atom. The minimum Gasteiger partial charge on any atom is -0.422 e. The Labute approximate surface area is 241 Å². The fourth-order valence-electron chi connectivity index (χ4n) is 5.51. The number of rotatable bonds is 8. The van der Waals surface area contributed by atoms with Crippen LogP contribution in [-0.2, 0) is 6.42 Å². The maximum absolute atomic E-state index is 13.0. The zero-order valence-corrected chi connectivity index (χ0v) is 24.8. The molecule has 0 saturated heterocycles. The van der Waals surface area contributed by atoms with Crippen LogP contribution >= 0.6 is 23.1 Å². The molecule has 1 aliphatic heterocycles. The van der Waals surface area contributed by atoms with Crippen LogP contribution in [0.1, 0.15) is 43.4 Å². The molecule has 8 heteroatoms. The number of nitrogens with zero attached hydrogens (tertiary/aromatic N) is 2. The van der Waals surface area contributed by atoms with Crippen molar-refractivity contribution in [2.24, 2.45) is 0 Å². The summed E-state index contributed by atoms with van der Waals surface area (Å²) in [6.07, 6.45) is 0.727. The predicted molar refractivity (Wildman–Crippen MR) is 168 cm³/mol. The average molecular weight is 573 g/mol. The normalized spacial score (nSPS) is 14.7. The van der Waals surface area contributed by atoms with E-state index in [4.69, 9.17) is 8.83 Å². The van der Waals surface area contributed by atoms with Crippen LogP contribution in [-0.4, -0.2) is 26.2 Å². The molecule has 0 aliphatic carbocycles. The largest absolute Gasteiger partial charge is 0.422 e. The summed E-state index contributed by atoms with van der Waals surface area (Å²) in [5.41, 5.74) is 3.98. The van der Waals surface area contributed by atoms with Crippen LogP contribution in [0, 0.1) is 0 Å². The molecule has 0 radical (unpaired) electrons. The van der Waals surface area contributed by atoms with E-state index >= 15 is 0 Å². The zero-order valence-electron chi connectivity index (χ0n) is 23.2. The number of fused-ring (bicyclic) bond motifs is 3. The van der Waals surface area contributed by atoms with Crippen molar-refractivity contribution in [1.82, 2.24) is 0 Å². The second kappa shape index (κ2) is 10.8. The van der Waals surface area contributed by atoms with Gasteiger partial charge in [-0.1, -0.05) is 0 Å². The highest BCUT2D eigenvalue weighted by atomic mass is 32.2. The van der Waals surface area contributed by atoms with Gasteiger partial charge in [0.2, 0.25) is 0 Å². The summed E-state index contributed by atoms with van der Waals surface area (Å²) in [6.45, 7) is 12.0. The molecule has 5 aromatic rings. The Balaban J connectivity index is 1.26. The summed E-state index contributed by atoms with van der Waals surface area (Å²) in [5.74, 6) is 0. The van der Waals surface area contributed by atoms with Gasteiger partial charge in [-0.2, -0.15) is 0 Å².